The quantitative estimate of drug-likeness (QED) is 0.394. The predicted molar refractivity (Wildman–Crippen MR) is 115 cm³/mol. The van der Waals surface area contributed by atoms with Crippen LogP contribution in [-0.4, -0.2) is 41.3 Å². The first kappa shape index (κ1) is 21.8. The Morgan fingerprint density at radius 1 is 1.23 bits per heavy atom. The molecule has 1 amide bonds. The van der Waals surface area contributed by atoms with Crippen molar-refractivity contribution in [2.45, 2.75) is 13.3 Å². The van der Waals surface area contributed by atoms with Gasteiger partial charge in [-0.1, -0.05) is 17.7 Å². The molecule has 2 aromatic rings. The van der Waals surface area contributed by atoms with Crippen LogP contribution in [-0.2, 0) is 14.3 Å². The molecule has 160 valence electrons. The Hall–Kier alpha value is -3.85. The fourth-order valence-electron chi connectivity index (χ4n) is 3.21. The van der Waals surface area contributed by atoms with E-state index in [9.17, 15) is 24.8 Å². The summed E-state index contributed by atoms with van der Waals surface area (Å²) in [4.78, 5) is 35.2. The Balaban J connectivity index is 1.88. The molecule has 1 heterocycles. The van der Waals surface area contributed by atoms with Crippen LogP contribution in [0.1, 0.15) is 17.5 Å². The lowest BCUT2D eigenvalue weighted by atomic mass is 9.93. The molecule has 1 aliphatic rings. The van der Waals surface area contributed by atoms with Crippen LogP contribution in [0.3, 0.4) is 0 Å². The van der Waals surface area contributed by atoms with E-state index in [1.807, 2.05) is 19.1 Å². The number of carbonyl (C=O) groups is 2. The number of benzene rings is 2. The lowest BCUT2D eigenvalue weighted by Gasteiger charge is -2.15. The lowest BCUT2D eigenvalue weighted by Crippen LogP contribution is -2.29. The number of hydrazone groups is 1. The van der Waals surface area contributed by atoms with E-state index in [0.717, 1.165) is 5.56 Å². The topological polar surface area (TPSA) is 122 Å². The van der Waals surface area contributed by atoms with Gasteiger partial charge < -0.3 is 9.84 Å². The second-order valence-corrected chi connectivity index (χ2v) is 7.09. The molecule has 9 heteroatoms. The molecule has 0 saturated carbocycles. The number of methoxy groups -OCH3 is 1. The molecule has 0 bridgehead atoms. The average molecular weight is 423 g/mol. The Morgan fingerprint density at radius 2 is 1.87 bits per heavy atom. The molecule has 1 N–H and O–H groups in total. The molecule has 1 aliphatic heterocycles. The highest BCUT2D eigenvalue weighted by Crippen LogP contribution is 2.29. The van der Waals surface area contributed by atoms with E-state index in [2.05, 4.69) is 5.10 Å². The highest BCUT2D eigenvalue weighted by atomic mass is 16.6. The number of non-ortho nitro benzene ring substituents is 1. The summed E-state index contributed by atoms with van der Waals surface area (Å²) in [6.45, 7) is 2.02. The van der Waals surface area contributed by atoms with Gasteiger partial charge in [-0.05, 0) is 49.2 Å². The second-order valence-electron chi connectivity index (χ2n) is 7.09. The third kappa shape index (κ3) is 5.01. The number of anilines is 1. The molecule has 0 saturated heterocycles. The maximum absolute atomic E-state index is 13.1. The predicted octanol–water partition coefficient (Wildman–Crippen LogP) is 3.43. The van der Waals surface area contributed by atoms with E-state index in [-0.39, 0.29) is 30.2 Å². The smallest absolute Gasteiger partial charge is 0.331 e. The summed E-state index contributed by atoms with van der Waals surface area (Å²) in [5, 5.41) is 26.1. The number of carboxylic acid groups (broad SMARTS) is 1. The van der Waals surface area contributed by atoms with Gasteiger partial charge in [-0.25, -0.2) is 9.80 Å². The minimum Gasteiger partial charge on any atom is -0.478 e. The number of carboxylic acids is 1. The van der Waals surface area contributed by atoms with E-state index < -0.39 is 16.8 Å². The minimum absolute atomic E-state index is 0.0123. The molecule has 0 aromatic heterocycles. The Kier molecular flexibility index (Phi) is 6.56. The number of carbonyl (C=O) groups excluding carboxylic acids is 1. The van der Waals surface area contributed by atoms with Gasteiger partial charge in [0.25, 0.3) is 11.6 Å². The second kappa shape index (κ2) is 9.31. The Labute approximate surface area is 178 Å². The molecular formula is C22H21N3O6. The monoisotopic (exact) mass is 423 g/mol. The number of hydrogen-bond acceptors (Lipinski definition) is 6. The Morgan fingerprint density at radius 3 is 2.42 bits per heavy atom. The van der Waals surface area contributed by atoms with Gasteiger partial charge >= 0.3 is 5.97 Å². The van der Waals surface area contributed by atoms with E-state index in [1.165, 1.54) is 42.5 Å². The number of hydrogen-bond donors (Lipinski definition) is 1. The number of nitro groups is 1. The largest absolute Gasteiger partial charge is 0.478 e. The van der Waals surface area contributed by atoms with Gasteiger partial charge in [-0.15, -0.1) is 0 Å². The van der Waals surface area contributed by atoms with Gasteiger partial charge in [0, 0.05) is 24.8 Å². The molecule has 0 radical (unpaired) electrons. The highest BCUT2D eigenvalue weighted by molar-refractivity contribution is 6.16. The normalized spacial score (nSPS) is 16.4. The van der Waals surface area contributed by atoms with E-state index >= 15 is 0 Å². The number of nitrogens with zero attached hydrogens (tertiary/aromatic N) is 3. The minimum atomic E-state index is -1.18. The van der Waals surface area contributed by atoms with Crippen molar-refractivity contribution >= 4 is 35.0 Å². The van der Waals surface area contributed by atoms with Crippen molar-refractivity contribution in [1.29, 1.82) is 0 Å². The highest BCUT2D eigenvalue weighted by Gasteiger charge is 2.37. The van der Waals surface area contributed by atoms with Crippen molar-refractivity contribution in [3.05, 3.63) is 75.3 Å². The number of aliphatic carboxylic acids is 1. The molecular weight excluding hydrogens is 402 g/mol. The van der Waals surface area contributed by atoms with E-state index in [4.69, 9.17) is 4.74 Å². The summed E-state index contributed by atoms with van der Waals surface area (Å²) in [7, 11) is 1.48. The average Bonchev–Trinajstić information content (AvgIpc) is 3.04. The van der Waals surface area contributed by atoms with Crippen LogP contribution in [0.25, 0.3) is 6.08 Å². The van der Waals surface area contributed by atoms with Crippen LogP contribution in [0.5, 0.6) is 0 Å². The number of aryl methyl sites for hydroxylation is 1. The van der Waals surface area contributed by atoms with Crippen molar-refractivity contribution in [2.75, 3.05) is 18.7 Å². The van der Waals surface area contributed by atoms with Gasteiger partial charge in [-0.2, -0.15) is 5.10 Å². The molecule has 1 atom stereocenters. The van der Waals surface area contributed by atoms with Crippen molar-refractivity contribution in [3.8, 4) is 0 Å². The SMILES string of the molecule is COCC1=NN(c2ccc(C)cc2)C(=O)C1C/C(=C/c1ccc([N+](=O)[O-])cc1)C(=O)O. The summed E-state index contributed by atoms with van der Waals surface area (Å²) >= 11 is 0. The Bertz CT molecular complexity index is 1060. The van der Waals surface area contributed by atoms with E-state index in [0.29, 0.717) is 17.0 Å². The van der Waals surface area contributed by atoms with E-state index in [1.54, 1.807) is 12.1 Å². The maximum atomic E-state index is 13.1. The van der Waals surface area contributed by atoms with Crippen LogP contribution in [0.15, 0.2) is 59.2 Å². The molecule has 3 rings (SSSR count). The molecule has 9 nitrogen and oxygen atoms in total. The molecule has 0 fully saturated rings. The zero-order valence-electron chi connectivity index (χ0n) is 17.0. The summed E-state index contributed by atoms with van der Waals surface area (Å²) in [5.41, 5.74) is 2.43. The van der Waals surface area contributed by atoms with Crippen LogP contribution in [0, 0.1) is 23.0 Å². The van der Waals surface area contributed by atoms with Crippen LogP contribution >= 0.6 is 0 Å². The zero-order valence-corrected chi connectivity index (χ0v) is 17.0. The van der Waals surface area contributed by atoms with Crippen LogP contribution in [0.4, 0.5) is 11.4 Å². The van der Waals surface area contributed by atoms with Crippen molar-refractivity contribution in [1.82, 2.24) is 0 Å². The number of nitro benzene ring substituents is 1. The van der Waals surface area contributed by atoms with Crippen molar-refractivity contribution < 1.29 is 24.4 Å². The van der Waals surface area contributed by atoms with Gasteiger partial charge in [0.2, 0.25) is 0 Å². The lowest BCUT2D eigenvalue weighted by molar-refractivity contribution is -0.384. The van der Waals surface area contributed by atoms with Crippen molar-refractivity contribution in [3.63, 3.8) is 0 Å². The first-order valence-corrected chi connectivity index (χ1v) is 9.45. The van der Waals surface area contributed by atoms with Crippen LogP contribution in [0.2, 0.25) is 0 Å². The third-order valence-corrected chi connectivity index (χ3v) is 4.85. The number of amides is 1. The molecule has 2 aromatic carbocycles. The molecule has 31 heavy (non-hydrogen) atoms. The fraction of sp³-hybridized carbons (Fsp3) is 0.227. The zero-order chi connectivity index (χ0) is 22.5. The van der Waals surface area contributed by atoms with Gasteiger partial charge in [0.1, 0.15) is 0 Å². The summed E-state index contributed by atoms with van der Waals surface area (Å²) in [6, 6.07) is 12.8. The van der Waals surface area contributed by atoms with Gasteiger partial charge in [0.15, 0.2) is 0 Å². The van der Waals surface area contributed by atoms with Gasteiger partial charge in [-0.3, -0.25) is 14.9 Å². The van der Waals surface area contributed by atoms with Crippen LogP contribution < -0.4 is 5.01 Å². The number of rotatable bonds is 8. The van der Waals surface area contributed by atoms with Gasteiger partial charge in [0.05, 0.1) is 28.8 Å². The maximum Gasteiger partial charge on any atom is 0.331 e. The fourth-order valence-corrected chi connectivity index (χ4v) is 3.21. The first-order valence-electron chi connectivity index (χ1n) is 9.45. The summed E-state index contributed by atoms with van der Waals surface area (Å²) in [5.74, 6) is -2.31. The standard InChI is InChI=1S/C22H21N3O6/c1-14-3-7-17(8-4-14)24-21(26)19(20(23-24)13-31-2)12-16(22(27)28)11-15-5-9-18(10-6-15)25(29)30/h3-11,19H,12-13H2,1-2H3,(H,27,28)/b16-11-. The third-order valence-electron chi connectivity index (χ3n) is 4.85. The number of ether oxygens (including phenoxy) is 1. The first-order chi connectivity index (χ1) is 14.8. The molecule has 0 aliphatic carbocycles. The molecule has 0 spiro atoms. The summed E-state index contributed by atoms with van der Waals surface area (Å²) in [6.07, 6.45) is 1.31. The molecule has 1 unspecified atom stereocenters. The summed E-state index contributed by atoms with van der Waals surface area (Å²) < 4.78 is 5.16. The van der Waals surface area contributed by atoms with Crippen molar-refractivity contribution in [2.24, 2.45) is 11.0 Å².